The van der Waals surface area contributed by atoms with Crippen LogP contribution in [0.4, 0.5) is 0 Å². The topological polar surface area (TPSA) is 60.8 Å². The summed E-state index contributed by atoms with van der Waals surface area (Å²) in [5.74, 6) is 0.207. The van der Waals surface area contributed by atoms with Crippen LogP contribution in [0.2, 0.25) is 0 Å². The van der Waals surface area contributed by atoms with E-state index < -0.39 is 5.97 Å². The molecule has 3 atom stereocenters. The highest BCUT2D eigenvalue weighted by molar-refractivity contribution is 5.69. The Bertz CT molecular complexity index is 474. The van der Waals surface area contributed by atoms with E-state index in [-0.39, 0.29) is 25.1 Å². The molecule has 22 heavy (non-hydrogen) atoms. The first kappa shape index (κ1) is 17.0. The van der Waals surface area contributed by atoms with Crippen molar-refractivity contribution in [3.8, 4) is 0 Å². The van der Waals surface area contributed by atoms with Crippen molar-refractivity contribution in [2.75, 3.05) is 19.7 Å². The summed E-state index contributed by atoms with van der Waals surface area (Å²) >= 11 is 0. The van der Waals surface area contributed by atoms with Crippen LogP contribution in [0.5, 0.6) is 0 Å². The third-order valence-corrected chi connectivity index (χ3v) is 4.52. The monoisotopic (exact) mass is 305 g/mol. The SMILES string of the molecule is CC(C)CN(CC(=O)O)C1CC(CO)CC1c1ccccc1. The molecule has 3 unspecified atom stereocenters. The Morgan fingerprint density at radius 2 is 1.95 bits per heavy atom. The summed E-state index contributed by atoms with van der Waals surface area (Å²) in [7, 11) is 0. The first-order valence-corrected chi connectivity index (χ1v) is 8.13. The van der Waals surface area contributed by atoms with Gasteiger partial charge in [0, 0.05) is 19.2 Å². The standard InChI is InChI=1S/C18H27NO3/c1-13(2)10-19(11-18(21)22)17-9-14(12-20)8-16(17)15-6-4-3-5-7-15/h3-7,13-14,16-17,20H,8-12H2,1-2H3,(H,21,22). The first-order valence-electron chi connectivity index (χ1n) is 8.13. The molecule has 0 radical (unpaired) electrons. The van der Waals surface area contributed by atoms with Crippen LogP contribution in [0.3, 0.4) is 0 Å². The van der Waals surface area contributed by atoms with Crippen LogP contribution < -0.4 is 0 Å². The number of aliphatic hydroxyl groups is 1. The molecule has 0 aromatic heterocycles. The molecule has 1 aliphatic rings. The van der Waals surface area contributed by atoms with Crippen LogP contribution in [0.25, 0.3) is 0 Å². The van der Waals surface area contributed by atoms with Crippen molar-refractivity contribution < 1.29 is 15.0 Å². The van der Waals surface area contributed by atoms with Crippen LogP contribution in [-0.4, -0.2) is 46.8 Å². The van der Waals surface area contributed by atoms with Gasteiger partial charge in [-0.1, -0.05) is 44.2 Å². The lowest BCUT2D eigenvalue weighted by atomic mass is 9.92. The van der Waals surface area contributed by atoms with Gasteiger partial charge in [0.15, 0.2) is 0 Å². The van der Waals surface area contributed by atoms with E-state index >= 15 is 0 Å². The van der Waals surface area contributed by atoms with E-state index in [4.69, 9.17) is 0 Å². The van der Waals surface area contributed by atoms with Gasteiger partial charge < -0.3 is 10.2 Å². The molecule has 1 aromatic carbocycles. The lowest BCUT2D eigenvalue weighted by molar-refractivity contribution is -0.139. The number of hydrogen-bond donors (Lipinski definition) is 2. The maximum atomic E-state index is 11.3. The van der Waals surface area contributed by atoms with Gasteiger partial charge in [-0.15, -0.1) is 0 Å². The second-order valence-electron chi connectivity index (χ2n) is 6.82. The zero-order valence-electron chi connectivity index (χ0n) is 13.5. The number of rotatable bonds is 7. The second-order valence-corrected chi connectivity index (χ2v) is 6.82. The minimum absolute atomic E-state index is 0.0737. The highest BCUT2D eigenvalue weighted by atomic mass is 16.4. The Morgan fingerprint density at radius 3 is 2.50 bits per heavy atom. The smallest absolute Gasteiger partial charge is 0.317 e. The van der Waals surface area contributed by atoms with E-state index in [1.807, 2.05) is 18.2 Å². The van der Waals surface area contributed by atoms with Gasteiger partial charge in [0.1, 0.15) is 0 Å². The van der Waals surface area contributed by atoms with E-state index in [2.05, 4.69) is 30.9 Å². The summed E-state index contributed by atoms with van der Waals surface area (Å²) in [4.78, 5) is 13.3. The van der Waals surface area contributed by atoms with Crippen molar-refractivity contribution in [3.05, 3.63) is 35.9 Å². The number of carbonyl (C=O) groups is 1. The van der Waals surface area contributed by atoms with Crippen LogP contribution in [-0.2, 0) is 4.79 Å². The summed E-state index contributed by atoms with van der Waals surface area (Å²) in [6.45, 7) is 5.26. The van der Waals surface area contributed by atoms with Crippen molar-refractivity contribution in [2.45, 2.75) is 38.6 Å². The zero-order valence-corrected chi connectivity index (χ0v) is 13.5. The van der Waals surface area contributed by atoms with E-state index in [9.17, 15) is 15.0 Å². The molecule has 1 saturated carbocycles. The van der Waals surface area contributed by atoms with Crippen molar-refractivity contribution in [2.24, 2.45) is 11.8 Å². The number of hydrogen-bond acceptors (Lipinski definition) is 3. The number of benzene rings is 1. The molecule has 1 aliphatic carbocycles. The molecule has 2 rings (SSSR count). The largest absolute Gasteiger partial charge is 0.480 e. The quantitative estimate of drug-likeness (QED) is 0.813. The molecular weight excluding hydrogens is 278 g/mol. The Morgan fingerprint density at radius 1 is 1.27 bits per heavy atom. The van der Waals surface area contributed by atoms with Crippen molar-refractivity contribution in [1.82, 2.24) is 4.90 Å². The minimum Gasteiger partial charge on any atom is -0.480 e. The van der Waals surface area contributed by atoms with Gasteiger partial charge in [-0.05, 0) is 36.2 Å². The Hall–Kier alpha value is -1.39. The van der Waals surface area contributed by atoms with E-state index in [0.29, 0.717) is 11.8 Å². The number of aliphatic carboxylic acids is 1. The minimum atomic E-state index is -0.778. The van der Waals surface area contributed by atoms with E-state index in [1.165, 1.54) is 5.56 Å². The fraction of sp³-hybridized carbons (Fsp3) is 0.611. The maximum Gasteiger partial charge on any atom is 0.317 e. The first-order chi connectivity index (χ1) is 10.5. The van der Waals surface area contributed by atoms with Gasteiger partial charge in [0.2, 0.25) is 0 Å². The molecule has 0 aliphatic heterocycles. The Balaban J connectivity index is 2.23. The third kappa shape index (κ3) is 4.31. The summed E-state index contributed by atoms with van der Waals surface area (Å²) in [5.41, 5.74) is 1.25. The molecule has 4 heteroatoms. The highest BCUT2D eigenvalue weighted by Gasteiger charge is 2.38. The lowest BCUT2D eigenvalue weighted by Crippen LogP contribution is -2.42. The predicted molar refractivity (Wildman–Crippen MR) is 86.8 cm³/mol. The fourth-order valence-corrected chi connectivity index (χ4v) is 3.69. The second kappa shape index (κ2) is 7.75. The van der Waals surface area contributed by atoms with Gasteiger partial charge in [0.05, 0.1) is 6.54 Å². The third-order valence-electron chi connectivity index (χ3n) is 4.52. The molecule has 0 spiro atoms. The van der Waals surface area contributed by atoms with Gasteiger partial charge in [0.25, 0.3) is 0 Å². The number of carboxylic acids is 1. The number of nitrogens with zero attached hydrogens (tertiary/aromatic N) is 1. The molecule has 2 N–H and O–H groups in total. The predicted octanol–water partition coefficient (Wildman–Crippen LogP) is 2.58. The van der Waals surface area contributed by atoms with Crippen LogP contribution in [0.15, 0.2) is 30.3 Å². The average Bonchev–Trinajstić information content (AvgIpc) is 2.91. The molecule has 0 amide bonds. The summed E-state index contributed by atoms with van der Waals surface area (Å²) in [6, 6.07) is 10.5. The van der Waals surface area contributed by atoms with E-state index in [0.717, 1.165) is 19.4 Å². The normalized spacial score (nSPS) is 25.0. The maximum absolute atomic E-state index is 11.3. The molecule has 1 fully saturated rings. The van der Waals surface area contributed by atoms with Gasteiger partial charge >= 0.3 is 5.97 Å². The van der Waals surface area contributed by atoms with Crippen molar-refractivity contribution >= 4 is 5.97 Å². The van der Waals surface area contributed by atoms with Crippen LogP contribution >= 0.6 is 0 Å². The summed E-state index contributed by atoms with van der Waals surface area (Å²) in [5, 5.41) is 18.8. The van der Waals surface area contributed by atoms with Gasteiger partial charge in [-0.25, -0.2) is 0 Å². The van der Waals surface area contributed by atoms with Gasteiger partial charge in [-0.2, -0.15) is 0 Å². The molecule has 122 valence electrons. The van der Waals surface area contributed by atoms with Gasteiger partial charge in [-0.3, -0.25) is 9.69 Å². The Labute approximate surface area is 132 Å². The molecule has 4 nitrogen and oxygen atoms in total. The highest BCUT2D eigenvalue weighted by Crippen LogP contribution is 2.41. The molecule has 0 saturated heterocycles. The summed E-state index contributed by atoms with van der Waals surface area (Å²) in [6.07, 6.45) is 1.80. The number of aliphatic hydroxyl groups excluding tert-OH is 1. The average molecular weight is 305 g/mol. The van der Waals surface area contributed by atoms with Crippen molar-refractivity contribution in [1.29, 1.82) is 0 Å². The summed E-state index contributed by atoms with van der Waals surface area (Å²) < 4.78 is 0. The fourth-order valence-electron chi connectivity index (χ4n) is 3.69. The zero-order chi connectivity index (χ0) is 16.1. The van der Waals surface area contributed by atoms with Crippen LogP contribution in [0.1, 0.15) is 38.2 Å². The van der Waals surface area contributed by atoms with Crippen molar-refractivity contribution in [3.63, 3.8) is 0 Å². The lowest BCUT2D eigenvalue weighted by Gasteiger charge is -2.33. The molecule has 0 bridgehead atoms. The Kier molecular flexibility index (Phi) is 5.98. The van der Waals surface area contributed by atoms with Crippen LogP contribution in [0, 0.1) is 11.8 Å². The molecule has 0 heterocycles. The number of carboxylic acid groups (broad SMARTS) is 1. The van der Waals surface area contributed by atoms with E-state index in [1.54, 1.807) is 0 Å². The molecular formula is C18H27NO3. The molecule has 1 aromatic rings.